The van der Waals surface area contributed by atoms with Crippen LogP contribution in [0.15, 0.2) is 29.3 Å². The van der Waals surface area contributed by atoms with Crippen molar-refractivity contribution in [2.75, 3.05) is 43.5 Å². The van der Waals surface area contributed by atoms with Crippen molar-refractivity contribution in [1.82, 2.24) is 10.2 Å². The van der Waals surface area contributed by atoms with E-state index in [2.05, 4.69) is 44.8 Å². The Labute approximate surface area is 202 Å². The minimum absolute atomic E-state index is 0.208. The number of hydrogen-bond donors (Lipinski definition) is 2. The van der Waals surface area contributed by atoms with Crippen molar-refractivity contribution in [3.63, 3.8) is 0 Å². The lowest BCUT2D eigenvalue weighted by atomic mass is 9.85. The Kier molecular flexibility index (Phi) is 7.69. The summed E-state index contributed by atoms with van der Waals surface area (Å²) in [6, 6.07) is 7.96. The summed E-state index contributed by atoms with van der Waals surface area (Å²) in [4.78, 5) is 19.2. The molecule has 1 atom stereocenters. The van der Waals surface area contributed by atoms with Gasteiger partial charge in [0.25, 0.3) is 5.91 Å². The van der Waals surface area contributed by atoms with E-state index in [0.29, 0.717) is 19.0 Å². The van der Waals surface area contributed by atoms with Gasteiger partial charge in [0.2, 0.25) is 0 Å². The zero-order valence-corrected chi connectivity index (χ0v) is 20.5. The van der Waals surface area contributed by atoms with Gasteiger partial charge in [-0.05, 0) is 80.8 Å². The fourth-order valence-corrected chi connectivity index (χ4v) is 5.48. The van der Waals surface area contributed by atoms with E-state index in [4.69, 9.17) is 5.26 Å². The van der Waals surface area contributed by atoms with E-state index in [-0.39, 0.29) is 17.5 Å². The highest BCUT2D eigenvalue weighted by Gasteiger charge is 2.25. The van der Waals surface area contributed by atoms with E-state index in [1.807, 2.05) is 6.07 Å². The van der Waals surface area contributed by atoms with Crippen LogP contribution in [0.25, 0.3) is 5.57 Å². The van der Waals surface area contributed by atoms with Crippen LogP contribution >= 0.6 is 0 Å². The Morgan fingerprint density at radius 1 is 1.29 bits per heavy atom. The molecule has 0 spiro atoms. The van der Waals surface area contributed by atoms with Crippen molar-refractivity contribution in [3.8, 4) is 6.07 Å². The largest absolute Gasteiger partial charge is 0.349 e. The van der Waals surface area contributed by atoms with E-state index in [1.54, 1.807) is 0 Å². The van der Waals surface area contributed by atoms with Crippen molar-refractivity contribution in [1.29, 1.82) is 5.26 Å². The quantitative estimate of drug-likeness (QED) is 0.616. The Morgan fingerprint density at radius 3 is 2.74 bits per heavy atom. The number of sulfone groups is 1. The molecule has 34 heavy (non-hydrogen) atoms. The number of rotatable bonds is 7. The fraction of sp³-hybridized carbons (Fsp3) is 0.560. The molecule has 1 aromatic rings. The summed E-state index contributed by atoms with van der Waals surface area (Å²) >= 11 is 0. The molecule has 1 fully saturated rings. The minimum Gasteiger partial charge on any atom is -0.349 e. The fourth-order valence-electron chi connectivity index (χ4n) is 4.89. The van der Waals surface area contributed by atoms with Gasteiger partial charge in [0.15, 0.2) is 5.84 Å². The Balaban J connectivity index is 1.48. The number of amides is 1. The number of nitrogens with one attached hydrogen (secondary N) is 2. The first-order valence-corrected chi connectivity index (χ1v) is 14.1. The van der Waals surface area contributed by atoms with Crippen molar-refractivity contribution < 1.29 is 13.2 Å². The number of amidine groups is 1. The van der Waals surface area contributed by atoms with Gasteiger partial charge >= 0.3 is 0 Å². The molecule has 9 heteroatoms. The maximum atomic E-state index is 12.8. The number of benzene rings is 1. The second-order valence-electron chi connectivity index (χ2n) is 9.50. The standard InChI is InChI=1S/C25H33N5O3S/c1-34(32,33)14-13-30-11-9-18(10-12-30)20-7-8-23(22(15-20)19-5-3-2-4-6-19)29-25(31)24-27-17-21(16-26)28-24/h5,7-8,15,18,21H,2-4,6,9-14,17H2,1H3,(H,27,28)(H,29,31)/t21-/m1/s1. The van der Waals surface area contributed by atoms with Gasteiger partial charge in [-0.3, -0.25) is 9.79 Å². The molecule has 182 valence electrons. The van der Waals surface area contributed by atoms with Crippen LogP contribution in [-0.4, -0.2) is 69.3 Å². The van der Waals surface area contributed by atoms with E-state index in [0.717, 1.165) is 56.4 Å². The molecular formula is C25H33N5O3S. The molecule has 2 heterocycles. The van der Waals surface area contributed by atoms with Crippen LogP contribution in [0.2, 0.25) is 0 Å². The lowest BCUT2D eigenvalue weighted by Crippen LogP contribution is -2.37. The van der Waals surface area contributed by atoms with Crippen LogP contribution in [-0.2, 0) is 14.6 Å². The van der Waals surface area contributed by atoms with Crippen LogP contribution in [0.3, 0.4) is 0 Å². The van der Waals surface area contributed by atoms with Crippen LogP contribution in [0.1, 0.15) is 55.6 Å². The molecule has 0 aromatic heterocycles. The van der Waals surface area contributed by atoms with Gasteiger partial charge in [-0.15, -0.1) is 0 Å². The lowest BCUT2D eigenvalue weighted by molar-refractivity contribution is -0.110. The van der Waals surface area contributed by atoms with Gasteiger partial charge in [0.1, 0.15) is 15.9 Å². The molecule has 1 aromatic carbocycles. The number of carbonyl (C=O) groups excluding carboxylic acids is 1. The number of aliphatic imine (C=N–C) groups is 1. The first-order valence-electron chi connectivity index (χ1n) is 12.1. The Bertz CT molecular complexity index is 1130. The van der Waals surface area contributed by atoms with Crippen LogP contribution in [0, 0.1) is 11.3 Å². The number of nitriles is 1. The summed E-state index contributed by atoms with van der Waals surface area (Å²) in [6.07, 6.45) is 9.92. The lowest BCUT2D eigenvalue weighted by Gasteiger charge is -2.32. The molecule has 0 bridgehead atoms. The number of carbonyl (C=O) groups is 1. The molecule has 8 nitrogen and oxygen atoms in total. The molecule has 3 aliphatic rings. The topological polar surface area (TPSA) is 115 Å². The van der Waals surface area contributed by atoms with Gasteiger partial charge in [-0.2, -0.15) is 5.26 Å². The van der Waals surface area contributed by atoms with Crippen LogP contribution < -0.4 is 10.6 Å². The highest BCUT2D eigenvalue weighted by Crippen LogP contribution is 2.36. The minimum atomic E-state index is -2.94. The summed E-state index contributed by atoms with van der Waals surface area (Å²) < 4.78 is 23.0. The van der Waals surface area contributed by atoms with Crippen molar-refractivity contribution >= 4 is 32.8 Å². The highest BCUT2D eigenvalue weighted by molar-refractivity contribution is 7.90. The molecule has 2 aliphatic heterocycles. The second kappa shape index (κ2) is 10.7. The molecule has 0 radical (unpaired) electrons. The average molecular weight is 484 g/mol. The zero-order valence-electron chi connectivity index (χ0n) is 19.7. The smallest absolute Gasteiger partial charge is 0.290 e. The number of hydrogen-bond acceptors (Lipinski definition) is 7. The molecule has 0 unspecified atom stereocenters. The summed E-state index contributed by atoms with van der Waals surface area (Å²) in [5.41, 5.74) is 4.38. The van der Waals surface area contributed by atoms with Gasteiger partial charge in [0.05, 0.1) is 18.4 Å². The van der Waals surface area contributed by atoms with Crippen molar-refractivity contribution in [2.45, 2.75) is 50.5 Å². The number of allylic oxidation sites excluding steroid dienone is 2. The number of anilines is 1. The third kappa shape index (κ3) is 6.24. The maximum Gasteiger partial charge on any atom is 0.290 e. The van der Waals surface area contributed by atoms with E-state index in [1.165, 1.54) is 23.8 Å². The third-order valence-electron chi connectivity index (χ3n) is 6.88. The van der Waals surface area contributed by atoms with E-state index < -0.39 is 15.9 Å². The first-order chi connectivity index (χ1) is 16.3. The van der Waals surface area contributed by atoms with E-state index >= 15 is 0 Å². The molecular weight excluding hydrogens is 450 g/mol. The maximum absolute atomic E-state index is 12.8. The normalized spacial score (nSPS) is 21.8. The molecule has 0 saturated carbocycles. The monoisotopic (exact) mass is 483 g/mol. The Hall–Kier alpha value is -2.70. The molecule has 1 saturated heterocycles. The summed E-state index contributed by atoms with van der Waals surface area (Å²) in [6.45, 7) is 2.67. The summed E-state index contributed by atoms with van der Waals surface area (Å²) in [5, 5.41) is 14.9. The van der Waals surface area contributed by atoms with Gasteiger partial charge in [-0.1, -0.05) is 12.1 Å². The molecule has 2 N–H and O–H groups in total. The van der Waals surface area contributed by atoms with Gasteiger partial charge in [-0.25, -0.2) is 8.42 Å². The average Bonchev–Trinajstić information content (AvgIpc) is 3.33. The third-order valence-corrected chi connectivity index (χ3v) is 7.80. The number of nitrogens with zero attached hydrogens (tertiary/aromatic N) is 3. The number of piperidine rings is 1. The highest BCUT2D eigenvalue weighted by atomic mass is 32.2. The predicted octanol–water partition coefficient (Wildman–Crippen LogP) is 2.70. The summed E-state index contributed by atoms with van der Waals surface area (Å²) in [7, 11) is -2.94. The Morgan fingerprint density at radius 2 is 2.09 bits per heavy atom. The van der Waals surface area contributed by atoms with Gasteiger partial charge in [0, 0.05) is 24.1 Å². The van der Waals surface area contributed by atoms with Crippen LogP contribution in [0.5, 0.6) is 0 Å². The number of likely N-dealkylation sites (tertiary alicyclic amines) is 1. The van der Waals surface area contributed by atoms with Crippen LogP contribution in [0.4, 0.5) is 5.69 Å². The summed E-state index contributed by atoms with van der Waals surface area (Å²) in [5.74, 6) is 0.516. The predicted molar refractivity (Wildman–Crippen MR) is 134 cm³/mol. The molecule has 4 rings (SSSR count). The van der Waals surface area contributed by atoms with Gasteiger partial charge < -0.3 is 15.5 Å². The molecule has 1 aliphatic carbocycles. The van der Waals surface area contributed by atoms with Crippen molar-refractivity contribution in [2.24, 2.45) is 4.99 Å². The molecule has 1 amide bonds. The zero-order chi connectivity index (χ0) is 24.1. The second-order valence-corrected chi connectivity index (χ2v) is 11.8. The van der Waals surface area contributed by atoms with E-state index in [9.17, 15) is 13.2 Å². The first kappa shape index (κ1) is 24.4. The SMILES string of the molecule is CS(=O)(=O)CCN1CCC(c2ccc(NC(=O)C3=NC[C@@H](C#N)N3)c(C3=CCCCC3)c2)CC1. The van der Waals surface area contributed by atoms with Crippen molar-refractivity contribution in [3.05, 3.63) is 35.4 Å².